The fourth-order valence-corrected chi connectivity index (χ4v) is 1.71. The van der Waals surface area contributed by atoms with E-state index in [-0.39, 0.29) is 17.7 Å². The molecule has 0 saturated heterocycles. The topological polar surface area (TPSA) is 103 Å². The van der Waals surface area contributed by atoms with E-state index in [4.69, 9.17) is 9.84 Å². The van der Waals surface area contributed by atoms with Crippen molar-refractivity contribution in [2.75, 3.05) is 6.61 Å². The minimum absolute atomic E-state index is 0.0601. The third-order valence-corrected chi connectivity index (χ3v) is 2.66. The standard InChI is InChI=1S/C11H10INO6/c1-2-18-10(16)8(11(17)19-12)7-5-13-4-3-6(7)9(14)15/h3-5,8H,2H2,1H3,(H,14,15). The van der Waals surface area contributed by atoms with Gasteiger partial charge in [0, 0.05) is 18.0 Å². The van der Waals surface area contributed by atoms with Gasteiger partial charge in [-0.3, -0.25) is 14.6 Å². The maximum atomic E-state index is 11.8. The van der Waals surface area contributed by atoms with Gasteiger partial charge in [-0.15, -0.1) is 0 Å². The molecule has 7 nitrogen and oxygen atoms in total. The molecule has 0 aliphatic rings. The Morgan fingerprint density at radius 2 is 2.11 bits per heavy atom. The third kappa shape index (κ3) is 3.63. The van der Waals surface area contributed by atoms with Crippen LogP contribution >= 0.6 is 23.0 Å². The molecule has 0 bridgehead atoms. The molecule has 0 radical (unpaired) electrons. The number of hydrogen-bond donors (Lipinski definition) is 1. The van der Waals surface area contributed by atoms with Gasteiger partial charge in [0.1, 0.15) is 0 Å². The molecule has 1 unspecified atom stereocenters. The molecule has 1 aromatic rings. The summed E-state index contributed by atoms with van der Waals surface area (Å²) in [6.45, 7) is 1.64. The predicted octanol–water partition coefficient (Wildman–Crippen LogP) is 1.32. The quantitative estimate of drug-likeness (QED) is 0.468. The molecular weight excluding hydrogens is 369 g/mol. The summed E-state index contributed by atoms with van der Waals surface area (Å²) in [5, 5.41) is 9.05. The summed E-state index contributed by atoms with van der Waals surface area (Å²) in [6, 6.07) is 1.20. The molecule has 102 valence electrons. The van der Waals surface area contributed by atoms with E-state index in [1.807, 2.05) is 0 Å². The average Bonchev–Trinajstić information content (AvgIpc) is 2.39. The average molecular weight is 379 g/mol. The zero-order valence-corrected chi connectivity index (χ0v) is 12.0. The number of nitrogens with zero attached hydrogens (tertiary/aromatic N) is 1. The monoisotopic (exact) mass is 379 g/mol. The summed E-state index contributed by atoms with van der Waals surface area (Å²) in [6.07, 6.45) is 2.39. The summed E-state index contributed by atoms with van der Waals surface area (Å²) in [4.78, 5) is 38.2. The number of carbonyl (C=O) groups excluding carboxylic acids is 2. The van der Waals surface area contributed by atoms with E-state index in [0.717, 1.165) is 6.20 Å². The van der Waals surface area contributed by atoms with Crippen LogP contribution in [0.3, 0.4) is 0 Å². The summed E-state index contributed by atoms with van der Waals surface area (Å²) in [7, 11) is 0. The molecule has 19 heavy (non-hydrogen) atoms. The van der Waals surface area contributed by atoms with Gasteiger partial charge < -0.3 is 12.9 Å². The lowest BCUT2D eigenvalue weighted by Gasteiger charge is -2.14. The number of carboxylic acid groups (broad SMARTS) is 1. The first kappa shape index (κ1) is 15.3. The molecule has 1 aromatic heterocycles. The van der Waals surface area contributed by atoms with Gasteiger partial charge in [-0.2, -0.15) is 0 Å². The first-order valence-corrected chi connectivity index (χ1v) is 6.07. The number of pyridine rings is 1. The number of carboxylic acids is 1. The Hall–Kier alpha value is -1.71. The highest BCUT2D eigenvalue weighted by atomic mass is 127. The van der Waals surface area contributed by atoms with Gasteiger partial charge in [-0.05, 0) is 13.0 Å². The van der Waals surface area contributed by atoms with Crippen molar-refractivity contribution in [3.8, 4) is 0 Å². The Bertz CT molecular complexity index is 504. The molecule has 0 aliphatic carbocycles. The van der Waals surface area contributed by atoms with Crippen LogP contribution in [0.4, 0.5) is 0 Å². The van der Waals surface area contributed by atoms with Crippen molar-refractivity contribution >= 4 is 40.9 Å². The first-order valence-electron chi connectivity index (χ1n) is 5.19. The number of halogens is 1. The molecule has 0 amide bonds. The lowest BCUT2D eigenvalue weighted by atomic mass is 9.96. The number of aromatic carboxylic acids is 1. The minimum atomic E-state index is -1.46. The second-order valence-electron chi connectivity index (χ2n) is 3.35. The fraction of sp³-hybridized carbons (Fsp3) is 0.273. The van der Waals surface area contributed by atoms with Gasteiger partial charge in [-0.25, -0.2) is 4.79 Å². The molecule has 0 saturated carbocycles. The summed E-state index contributed by atoms with van der Waals surface area (Å²) in [5.41, 5.74) is -0.259. The molecule has 0 fully saturated rings. The maximum Gasteiger partial charge on any atom is 0.336 e. The second-order valence-corrected chi connectivity index (χ2v) is 3.79. The SMILES string of the molecule is CCOC(=O)C(C(=O)OI)c1cnccc1C(=O)O. The number of aromatic nitrogens is 1. The van der Waals surface area contributed by atoms with E-state index in [0.29, 0.717) is 0 Å². The Morgan fingerprint density at radius 1 is 1.42 bits per heavy atom. The van der Waals surface area contributed by atoms with Crippen molar-refractivity contribution in [3.05, 3.63) is 29.6 Å². The van der Waals surface area contributed by atoms with E-state index in [1.54, 1.807) is 6.92 Å². The Morgan fingerprint density at radius 3 is 2.63 bits per heavy atom. The Kier molecular flexibility index (Phi) is 5.67. The van der Waals surface area contributed by atoms with Gasteiger partial charge in [0.15, 0.2) is 28.9 Å². The number of ether oxygens (including phenoxy) is 1. The first-order chi connectivity index (χ1) is 9.02. The van der Waals surface area contributed by atoms with E-state index in [2.05, 4.69) is 8.05 Å². The van der Waals surface area contributed by atoms with Crippen molar-refractivity contribution in [3.63, 3.8) is 0 Å². The third-order valence-electron chi connectivity index (χ3n) is 2.23. The summed E-state index contributed by atoms with van der Waals surface area (Å²) >= 11 is 1.32. The highest BCUT2D eigenvalue weighted by molar-refractivity contribution is 14.1. The van der Waals surface area contributed by atoms with Crippen molar-refractivity contribution in [1.29, 1.82) is 0 Å². The molecule has 1 rings (SSSR count). The molecule has 1 heterocycles. The van der Waals surface area contributed by atoms with Crippen molar-refractivity contribution in [1.82, 2.24) is 4.98 Å². The summed E-state index contributed by atoms with van der Waals surface area (Å²) in [5.74, 6) is -4.51. The lowest BCUT2D eigenvalue weighted by Crippen LogP contribution is -2.26. The molecule has 1 N–H and O–H groups in total. The smallest absolute Gasteiger partial charge is 0.336 e. The maximum absolute atomic E-state index is 11.8. The van der Waals surface area contributed by atoms with E-state index in [9.17, 15) is 14.4 Å². The molecule has 8 heteroatoms. The second kappa shape index (κ2) is 7.02. The van der Waals surface area contributed by atoms with Crippen molar-refractivity contribution in [2.45, 2.75) is 12.8 Å². The largest absolute Gasteiger partial charge is 0.478 e. The van der Waals surface area contributed by atoms with Crippen LogP contribution in [0.5, 0.6) is 0 Å². The fourth-order valence-electron chi connectivity index (χ4n) is 1.45. The van der Waals surface area contributed by atoms with Crippen LogP contribution in [0.2, 0.25) is 0 Å². The van der Waals surface area contributed by atoms with E-state index >= 15 is 0 Å². The van der Waals surface area contributed by atoms with Crippen molar-refractivity contribution in [2.24, 2.45) is 0 Å². The number of hydrogen-bond acceptors (Lipinski definition) is 6. The van der Waals surface area contributed by atoms with Gasteiger partial charge in [0.2, 0.25) is 0 Å². The molecule has 0 spiro atoms. The summed E-state index contributed by atoms with van der Waals surface area (Å²) < 4.78 is 9.23. The van der Waals surface area contributed by atoms with Gasteiger partial charge in [-0.1, -0.05) is 0 Å². The molecule has 1 atom stereocenters. The van der Waals surface area contributed by atoms with Crippen LogP contribution in [0.15, 0.2) is 18.5 Å². The lowest BCUT2D eigenvalue weighted by molar-refractivity contribution is -0.151. The van der Waals surface area contributed by atoms with Crippen LogP contribution < -0.4 is 0 Å². The van der Waals surface area contributed by atoms with Crippen LogP contribution in [0, 0.1) is 0 Å². The van der Waals surface area contributed by atoms with E-state index in [1.165, 1.54) is 35.3 Å². The predicted molar refractivity (Wildman–Crippen MR) is 70.7 cm³/mol. The highest BCUT2D eigenvalue weighted by Crippen LogP contribution is 2.23. The van der Waals surface area contributed by atoms with Gasteiger partial charge in [0.05, 0.1) is 12.2 Å². The normalized spacial score (nSPS) is 11.5. The van der Waals surface area contributed by atoms with Crippen LogP contribution in [-0.4, -0.2) is 34.6 Å². The number of esters is 1. The van der Waals surface area contributed by atoms with Crippen LogP contribution in [0.25, 0.3) is 0 Å². The zero-order chi connectivity index (χ0) is 14.4. The number of carbonyl (C=O) groups is 3. The van der Waals surface area contributed by atoms with Gasteiger partial charge in [0.25, 0.3) is 0 Å². The Labute approximate surface area is 122 Å². The Balaban J connectivity index is 3.29. The van der Waals surface area contributed by atoms with Crippen molar-refractivity contribution < 1.29 is 27.3 Å². The van der Waals surface area contributed by atoms with Gasteiger partial charge >= 0.3 is 17.9 Å². The van der Waals surface area contributed by atoms with E-state index < -0.39 is 23.8 Å². The highest BCUT2D eigenvalue weighted by Gasteiger charge is 2.34. The molecular formula is C11H10INO6. The van der Waals surface area contributed by atoms with Crippen LogP contribution in [0.1, 0.15) is 28.8 Å². The number of rotatable bonds is 5. The van der Waals surface area contributed by atoms with Crippen LogP contribution in [-0.2, 0) is 17.4 Å². The molecule has 0 aliphatic heterocycles. The zero-order valence-electron chi connectivity index (χ0n) is 9.83. The molecule has 0 aromatic carbocycles. The minimum Gasteiger partial charge on any atom is -0.478 e.